The van der Waals surface area contributed by atoms with Gasteiger partial charge in [-0.15, -0.1) is 0 Å². The van der Waals surface area contributed by atoms with Crippen LogP contribution in [0.4, 0.5) is 0 Å². The van der Waals surface area contributed by atoms with Crippen LogP contribution in [0.1, 0.15) is 17.5 Å². The molecule has 7 nitrogen and oxygen atoms in total. The fourth-order valence-electron chi connectivity index (χ4n) is 3.42. The Morgan fingerprint density at radius 3 is 2.34 bits per heavy atom. The molecule has 32 heavy (non-hydrogen) atoms. The first-order valence-electron chi connectivity index (χ1n) is 10.4. The number of esters is 1. The van der Waals surface area contributed by atoms with Crippen LogP contribution in [0.25, 0.3) is 10.8 Å². The number of carbonyl (C=O) groups excluding carboxylic acids is 3. The van der Waals surface area contributed by atoms with Gasteiger partial charge in [-0.3, -0.25) is 14.4 Å². The SMILES string of the molecule is CNC(=O)[C@H](Cc1cccc2ccccc12)NC(=O)[C@@H](N)CC(=O)OCc1ccccc1. The number of ether oxygens (including phenoxy) is 1. The maximum absolute atomic E-state index is 12.6. The van der Waals surface area contributed by atoms with E-state index in [4.69, 9.17) is 10.5 Å². The van der Waals surface area contributed by atoms with E-state index < -0.39 is 24.0 Å². The Hall–Kier alpha value is -3.71. The monoisotopic (exact) mass is 433 g/mol. The van der Waals surface area contributed by atoms with Gasteiger partial charge >= 0.3 is 5.97 Å². The number of nitrogens with one attached hydrogen (secondary N) is 2. The second-order valence-corrected chi connectivity index (χ2v) is 7.47. The van der Waals surface area contributed by atoms with Crippen molar-refractivity contribution >= 4 is 28.6 Å². The molecule has 0 spiro atoms. The lowest BCUT2D eigenvalue weighted by Crippen LogP contribution is -2.52. The molecule has 0 heterocycles. The quantitative estimate of drug-likeness (QED) is 0.448. The maximum atomic E-state index is 12.6. The molecule has 166 valence electrons. The van der Waals surface area contributed by atoms with E-state index >= 15 is 0 Å². The lowest BCUT2D eigenvalue weighted by molar-refractivity contribution is -0.146. The van der Waals surface area contributed by atoms with Crippen molar-refractivity contribution in [2.75, 3.05) is 7.05 Å². The molecule has 7 heteroatoms. The molecule has 2 amide bonds. The van der Waals surface area contributed by atoms with Crippen LogP contribution in [0.15, 0.2) is 72.8 Å². The molecule has 0 unspecified atom stereocenters. The third-order valence-corrected chi connectivity index (χ3v) is 5.15. The third kappa shape index (κ3) is 6.15. The fourth-order valence-corrected chi connectivity index (χ4v) is 3.42. The average Bonchev–Trinajstić information content (AvgIpc) is 2.82. The van der Waals surface area contributed by atoms with Crippen LogP contribution in [-0.4, -0.2) is 36.9 Å². The molecule has 0 aromatic heterocycles. The van der Waals surface area contributed by atoms with Crippen molar-refractivity contribution < 1.29 is 19.1 Å². The number of likely N-dealkylation sites (N-methyl/N-ethyl adjacent to an activating group) is 1. The first kappa shape index (κ1) is 23.0. The predicted molar refractivity (Wildman–Crippen MR) is 122 cm³/mol. The summed E-state index contributed by atoms with van der Waals surface area (Å²) in [6.07, 6.45) is 0.00530. The Morgan fingerprint density at radius 2 is 1.59 bits per heavy atom. The number of fused-ring (bicyclic) bond motifs is 1. The van der Waals surface area contributed by atoms with Crippen molar-refractivity contribution in [2.45, 2.75) is 31.5 Å². The zero-order valence-corrected chi connectivity index (χ0v) is 17.9. The molecule has 4 N–H and O–H groups in total. The van der Waals surface area contributed by atoms with E-state index in [2.05, 4.69) is 10.6 Å². The van der Waals surface area contributed by atoms with Crippen molar-refractivity contribution in [1.29, 1.82) is 0 Å². The van der Waals surface area contributed by atoms with E-state index in [1.165, 1.54) is 7.05 Å². The molecule has 3 aromatic carbocycles. The summed E-state index contributed by atoms with van der Waals surface area (Å²) in [4.78, 5) is 37.1. The van der Waals surface area contributed by atoms with Gasteiger partial charge in [0.15, 0.2) is 0 Å². The number of hydrogen-bond donors (Lipinski definition) is 3. The Bertz CT molecular complexity index is 1080. The first-order chi connectivity index (χ1) is 15.5. The zero-order valence-electron chi connectivity index (χ0n) is 17.9. The molecule has 3 aromatic rings. The second kappa shape index (κ2) is 11.1. The second-order valence-electron chi connectivity index (χ2n) is 7.47. The number of carbonyl (C=O) groups is 3. The fraction of sp³-hybridized carbons (Fsp3) is 0.240. The number of benzene rings is 3. The highest BCUT2D eigenvalue weighted by Crippen LogP contribution is 2.20. The van der Waals surface area contributed by atoms with E-state index in [9.17, 15) is 14.4 Å². The van der Waals surface area contributed by atoms with Crippen molar-refractivity contribution in [3.8, 4) is 0 Å². The lowest BCUT2D eigenvalue weighted by Gasteiger charge is -2.20. The molecule has 0 aliphatic rings. The minimum Gasteiger partial charge on any atom is -0.461 e. The Labute approximate surface area is 186 Å². The standard InChI is InChI=1S/C25H27N3O4/c1-27-25(31)22(14-19-12-7-11-18-10-5-6-13-20(18)19)28-24(30)21(26)15-23(29)32-16-17-8-3-2-4-9-17/h2-13,21-22H,14-16,26H2,1H3,(H,27,31)(H,28,30)/t21-,22-/m0/s1. The number of amides is 2. The summed E-state index contributed by atoms with van der Waals surface area (Å²) < 4.78 is 5.19. The molecular formula is C25H27N3O4. The topological polar surface area (TPSA) is 111 Å². The highest BCUT2D eigenvalue weighted by atomic mass is 16.5. The van der Waals surface area contributed by atoms with E-state index in [1.807, 2.05) is 72.8 Å². The summed E-state index contributed by atoms with van der Waals surface area (Å²) in [6.45, 7) is 0.107. The summed E-state index contributed by atoms with van der Waals surface area (Å²) in [5, 5.41) is 7.30. The van der Waals surface area contributed by atoms with Gasteiger partial charge in [-0.2, -0.15) is 0 Å². The highest BCUT2D eigenvalue weighted by molar-refractivity contribution is 5.92. The van der Waals surface area contributed by atoms with Crippen LogP contribution >= 0.6 is 0 Å². The summed E-state index contributed by atoms with van der Waals surface area (Å²) in [5.74, 6) is -1.51. The molecule has 3 rings (SSSR count). The van der Waals surface area contributed by atoms with Gasteiger partial charge in [0.2, 0.25) is 11.8 Å². The van der Waals surface area contributed by atoms with Crippen molar-refractivity contribution in [3.63, 3.8) is 0 Å². The van der Waals surface area contributed by atoms with E-state index in [-0.39, 0.29) is 25.4 Å². The number of nitrogens with two attached hydrogens (primary N) is 1. The van der Waals surface area contributed by atoms with Crippen LogP contribution in [0.3, 0.4) is 0 Å². The van der Waals surface area contributed by atoms with Crippen LogP contribution < -0.4 is 16.4 Å². The van der Waals surface area contributed by atoms with Gasteiger partial charge in [0.1, 0.15) is 12.6 Å². The Kier molecular flexibility index (Phi) is 7.94. The predicted octanol–water partition coefficient (Wildman–Crippen LogP) is 2.07. The first-order valence-corrected chi connectivity index (χ1v) is 10.4. The van der Waals surface area contributed by atoms with Gasteiger partial charge in [-0.05, 0) is 21.9 Å². The molecule has 0 aliphatic heterocycles. The van der Waals surface area contributed by atoms with Crippen LogP contribution in [0, 0.1) is 0 Å². The Morgan fingerprint density at radius 1 is 0.906 bits per heavy atom. The largest absolute Gasteiger partial charge is 0.461 e. The van der Waals surface area contributed by atoms with E-state index in [1.54, 1.807) is 0 Å². The summed E-state index contributed by atoms with van der Waals surface area (Å²) in [7, 11) is 1.51. The summed E-state index contributed by atoms with van der Waals surface area (Å²) in [6, 6.07) is 20.9. The molecule has 0 fully saturated rings. The normalized spacial score (nSPS) is 12.6. The minimum atomic E-state index is -1.13. The van der Waals surface area contributed by atoms with Gasteiger partial charge in [-0.25, -0.2) is 0 Å². The smallest absolute Gasteiger partial charge is 0.308 e. The Balaban J connectivity index is 1.61. The van der Waals surface area contributed by atoms with Crippen LogP contribution in [0.5, 0.6) is 0 Å². The zero-order chi connectivity index (χ0) is 22.9. The third-order valence-electron chi connectivity index (χ3n) is 5.15. The number of hydrogen-bond acceptors (Lipinski definition) is 5. The lowest BCUT2D eigenvalue weighted by atomic mass is 9.98. The summed E-state index contributed by atoms with van der Waals surface area (Å²) >= 11 is 0. The van der Waals surface area contributed by atoms with Crippen molar-refractivity contribution in [1.82, 2.24) is 10.6 Å². The van der Waals surface area contributed by atoms with E-state index in [0.29, 0.717) is 0 Å². The molecule has 0 saturated heterocycles. The highest BCUT2D eigenvalue weighted by Gasteiger charge is 2.25. The molecule has 0 aliphatic carbocycles. The van der Waals surface area contributed by atoms with Gasteiger partial charge in [-0.1, -0.05) is 72.8 Å². The molecular weight excluding hydrogens is 406 g/mol. The van der Waals surface area contributed by atoms with Gasteiger partial charge < -0.3 is 21.1 Å². The van der Waals surface area contributed by atoms with Gasteiger partial charge in [0.25, 0.3) is 0 Å². The van der Waals surface area contributed by atoms with Gasteiger partial charge in [0.05, 0.1) is 12.5 Å². The van der Waals surface area contributed by atoms with Crippen molar-refractivity contribution in [2.24, 2.45) is 5.73 Å². The molecule has 0 saturated carbocycles. The number of rotatable bonds is 9. The maximum Gasteiger partial charge on any atom is 0.308 e. The van der Waals surface area contributed by atoms with Gasteiger partial charge in [0, 0.05) is 13.5 Å². The van der Waals surface area contributed by atoms with E-state index in [0.717, 1.165) is 21.9 Å². The minimum absolute atomic E-state index is 0.107. The summed E-state index contributed by atoms with van der Waals surface area (Å²) in [5.41, 5.74) is 7.68. The molecule has 0 bridgehead atoms. The molecule has 2 atom stereocenters. The van der Waals surface area contributed by atoms with Crippen LogP contribution in [-0.2, 0) is 32.1 Å². The van der Waals surface area contributed by atoms with Crippen LogP contribution in [0.2, 0.25) is 0 Å². The van der Waals surface area contributed by atoms with Crippen molar-refractivity contribution in [3.05, 3.63) is 83.9 Å². The average molecular weight is 434 g/mol. The molecule has 0 radical (unpaired) electrons.